The van der Waals surface area contributed by atoms with E-state index < -0.39 is 5.54 Å². The molecule has 7 aromatic carbocycles. The normalized spacial score (nSPS) is 16.7. The lowest BCUT2D eigenvalue weighted by molar-refractivity contribution is 0.630. The van der Waals surface area contributed by atoms with Gasteiger partial charge in [-0.2, -0.15) is 0 Å². The van der Waals surface area contributed by atoms with Crippen molar-refractivity contribution in [1.82, 2.24) is 0 Å². The zero-order valence-electron chi connectivity index (χ0n) is 27.8. The number of furan rings is 1. The molecule has 1 aliphatic heterocycles. The van der Waals surface area contributed by atoms with Gasteiger partial charge >= 0.3 is 0 Å². The summed E-state index contributed by atoms with van der Waals surface area (Å²) >= 11 is 0. The van der Waals surface area contributed by atoms with Crippen molar-refractivity contribution in [3.8, 4) is 22.3 Å². The van der Waals surface area contributed by atoms with Gasteiger partial charge in [0, 0.05) is 44.7 Å². The van der Waals surface area contributed by atoms with Crippen molar-refractivity contribution >= 4 is 44.1 Å². The highest BCUT2D eigenvalue weighted by atomic mass is 16.3. The van der Waals surface area contributed by atoms with Crippen molar-refractivity contribution in [1.29, 1.82) is 0 Å². The highest BCUT2D eigenvalue weighted by Crippen LogP contribution is 2.70. The number of fused-ring (bicyclic) bond motifs is 7. The van der Waals surface area contributed by atoms with Crippen LogP contribution in [0.4, 0.5) is 11.4 Å². The molecule has 2 unspecified atom stereocenters. The SMILES string of the molecule is C=C(C(Nc1ccccc1CCC)c1ccccc1)N1c2cc3oc4ccccc4c3c3ccc4c(c23)C12c1ccccc1-c1cccc-4c12. The lowest BCUT2D eigenvalue weighted by Crippen LogP contribution is -2.44. The predicted octanol–water partition coefficient (Wildman–Crippen LogP) is 12.1. The maximum absolute atomic E-state index is 6.67. The highest BCUT2D eigenvalue weighted by Gasteiger charge is 2.60. The molecule has 8 aromatic rings. The van der Waals surface area contributed by atoms with E-state index in [1.165, 1.54) is 66.2 Å². The van der Waals surface area contributed by atoms with Gasteiger partial charge in [-0.25, -0.2) is 0 Å². The van der Waals surface area contributed by atoms with Crippen LogP contribution in [-0.2, 0) is 12.0 Å². The molecule has 1 spiro atoms. The zero-order valence-corrected chi connectivity index (χ0v) is 27.8. The van der Waals surface area contributed by atoms with E-state index in [9.17, 15) is 0 Å². The molecule has 11 rings (SSSR count). The first-order valence-corrected chi connectivity index (χ1v) is 17.7. The molecule has 0 saturated carbocycles. The van der Waals surface area contributed by atoms with Crippen LogP contribution >= 0.6 is 0 Å². The fraction of sp³-hybridized carbons (Fsp3) is 0.106. The summed E-state index contributed by atoms with van der Waals surface area (Å²) in [4.78, 5) is 2.59. The average molecular weight is 643 g/mol. The number of hydrogen-bond acceptors (Lipinski definition) is 3. The Morgan fingerprint density at radius 3 is 2.28 bits per heavy atom. The number of para-hydroxylation sites is 2. The second-order valence-electron chi connectivity index (χ2n) is 14.0. The van der Waals surface area contributed by atoms with Gasteiger partial charge in [0.05, 0.1) is 11.7 Å². The average Bonchev–Trinajstić information content (AvgIpc) is 3.86. The standard InChI is InChI=1S/C47H34N2O/c1-3-14-29-15-7-11-23-38(29)48-46(30-16-5-4-6-17-30)28(2)49-39-27-41-42(35-19-9-12-24-40(35)50-41)36-26-25-34-33-21-13-20-32-31-18-8-10-22-37(31)47(49,44(32)33)45(34)43(36)39/h4-13,15-27,46,48H,2-3,14H2,1H3. The molecular formula is C47H34N2O. The van der Waals surface area contributed by atoms with E-state index in [0.717, 1.165) is 46.5 Å². The Balaban J connectivity index is 1.25. The van der Waals surface area contributed by atoms with Crippen LogP contribution in [0.2, 0.25) is 0 Å². The van der Waals surface area contributed by atoms with Gasteiger partial charge in [0.1, 0.15) is 16.7 Å². The van der Waals surface area contributed by atoms with E-state index >= 15 is 0 Å². The minimum absolute atomic E-state index is 0.202. The molecule has 3 aliphatic rings. The summed E-state index contributed by atoms with van der Waals surface area (Å²) in [5.41, 5.74) is 16.3. The highest BCUT2D eigenvalue weighted by molar-refractivity contribution is 6.26. The second kappa shape index (κ2) is 9.99. The van der Waals surface area contributed by atoms with Crippen molar-refractivity contribution in [3.05, 3.63) is 180 Å². The molecule has 0 bridgehead atoms. The van der Waals surface area contributed by atoms with Crippen LogP contribution in [0.25, 0.3) is 55.0 Å². The van der Waals surface area contributed by atoms with Crippen LogP contribution in [0.15, 0.2) is 156 Å². The maximum Gasteiger partial charge on any atom is 0.138 e. The molecule has 3 nitrogen and oxygen atoms in total. The van der Waals surface area contributed by atoms with Crippen molar-refractivity contribution in [2.24, 2.45) is 0 Å². The summed E-state index contributed by atoms with van der Waals surface area (Å²) in [6, 6.07) is 50.7. The van der Waals surface area contributed by atoms with E-state index in [0.29, 0.717) is 0 Å². The minimum atomic E-state index is -0.566. The molecular weight excluding hydrogens is 609 g/mol. The Morgan fingerprint density at radius 1 is 0.680 bits per heavy atom. The Labute approximate surface area is 291 Å². The van der Waals surface area contributed by atoms with Gasteiger partial charge in [0.15, 0.2) is 0 Å². The fourth-order valence-electron chi connectivity index (χ4n) is 9.65. The van der Waals surface area contributed by atoms with Gasteiger partial charge in [-0.3, -0.25) is 0 Å². The number of anilines is 2. The van der Waals surface area contributed by atoms with Gasteiger partial charge in [0.25, 0.3) is 0 Å². The second-order valence-corrected chi connectivity index (χ2v) is 14.0. The Hall–Kier alpha value is -6.06. The quantitative estimate of drug-likeness (QED) is 0.187. The third-order valence-electron chi connectivity index (χ3n) is 11.5. The molecule has 1 aromatic heterocycles. The Kier molecular flexibility index (Phi) is 5.57. The molecule has 3 heteroatoms. The lowest BCUT2D eigenvalue weighted by atomic mass is 9.83. The Morgan fingerprint density at radius 2 is 1.40 bits per heavy atom. The van der Waals surface area contributed by atoms with Crippen molar-refractivity contribution in [2.45, 2.75) is 31.3 Å². The Bertz CT molecular complexity index is 2740. The number of aryl methyl sites for hydroxylation is 1. The molecule has 2 heterocycles. The molecule has 238 valence electrons. The topological polar surface area (TPSA) is 28.4 Å². The van der Waals surface area contributed by atoms with Crippen LogP contribution < -0.4 is 10.2 Å². The van der Waals surface area contributed by atoms with Crippen LogP contribution in [0.5, 0.6) is 0 Å². The van der Waals surface area contributed by atoms with E-state index in [1.54, 1.807) is 0 Å². The third kappa shape index (κ3) is 3.35. The van der Waals surface area contributed by atoms with Crippen molar-refractivity contribution in [2.75, 3.05) is 10.2 Å². The van der Waals surface area contributed by atoms with Gasteiger partial charge in [0.2, 0.25) is 0 Å². The molecule has 50 heavy (non-hydrogen) atoms. The molecule has 1 N–H and O–H groups in total. The van der Waals surface area contributed by atoms with Crippen LogP contribution in [-0.4, -0.2) is 0 Å². The number of nitrogens with one attached hydrogen (secondary N) is 1. The van der Waals surface area contributed by atoms with Gasteiger partial charge in [-0.1, -0.05) is 141 Å². The molecule has 0 amide bonds. The number of rotatable bonds is 7. The van der Waals surface area contributed by atoms with Gasteiger partial charge < -0.3 is 14.6 Å². The van der Waals surface area contributed by atoms with Gasteiger partial charge in [-0.15, -0.1) is 0 Å². The van der Waals surface area contributed by atoms with Crippen molar-refractivity contribution in [3.63, 3.8) is 0 Å². The van der Waals surface area contributed by atoms with E-state index in [1.807, 2.05) is 0 Å². The fourth-order valence-corrected chi connectivity index (χ4v) is 9.65. The minimum Gasteiger partial charge on any atom is -0.456 e. The molecule has 0 fully saturated rings. The summed E-state index contributed by atoms with van der Waals surface area (Å²) in [7, 11) is 0. The molecule has 0 radical (unpaired) electrons. The maximum atomic E-state index is 6.67. The summed E-state index contributed by atoms with van der Waals surface area (Å²) in [5.74, 6) is 0. The summed E-state index contributed by atoms with van der Waals surface area (Å²) < 4.78 is 6.67. The number of nitrogens with zero attached hydrogens (tertiary/aromatic N) is 1. The van der Waals surface area contributed by atoms with Crippen molar-refractivity contribution < 1.29 is 4.42 Å². The molecule has 2 atom stereocenters. The van der Waals surface area contributed by atoms with Crippen LogP contribution in [0.1, 0.15) is 47.2 Å². The first kappa shape index (κ1) is 27.8. The molecule has 2 aliphatic carbocycles. The summed E-state index contributed by atoms with van der Waals surface area (Å²) in [6.07, 6.45) is 2.09. The van der Waals surface area contributed by atoms with Crippen LogP contribution in [0.3, 0.4) is 0 Å². The first-order chi connectivity index (χ1) is 24.7. The summed E-state index contributed by atoms with van der Waals surface area (Å²) in [5, 5.41) is 8.90. The molecule has 0 saturated heterocycles. The predicted molar refractivity (Wildman–Crippen MR) is 207 cm³/mol. The first-order valence-electron chi connectivity index (χ1n) is 17.7. The van der Waals surface area contributed by atoms with Gasteiger partial charge in [-0.05, 0) is 62.9 Å². The smallest absolute Gasteiger partial charge is 0.138 e. The number of hydrogen-bond donors (Lipinski definition) is 1. The van der Waals surface area contributed by atoms with E-state index in [-0.39, 0.29) is 6.04 Å². The largest absolute Gasteiger partial charge is 0.456 e. The monoisotopic (exact) mass is 642 g/mol. The lowest BCUT2D eigenvalue weighted by Gasteiger charge is -2.42. The third-order valence-corrected chi connectivity index (χ3v) is 11.5. The van der Waals surface area contributed by atoms with Crippen LogP contribution in [0, 0.1) is 0 Å². The summed E-state index contributed by atoms with van der Waals surface area (Å²) in [6.45, 7) is 7.34. The van der Waals surface area contributed by atoms with E-state index in [4.69, 9.17) is 11.0 Å². The number of benzene rings is 7. The zero-order chi connectivity index (χ0) is 33.1. The van der Waals surface area contributed by atoms with E-state index in [2.05, 4.69) is 157 Å².